The molecular formula is C17H19F2NO3. The monoisotopic (exact) mass is 323 g/mol. The number of rotatable bonds is 4. The molecule has 0 spiro atoms. The van der Waals surface area contributed by atoms with Crippen LogP contribution in [0.1, 0.15) is 37.2 Å². The maximum absolute atomic E-state index is 13.3. The molecule has 1 aliphatic heterocycles. The minimum Gasteiger partial charge on any atom is -0.481 e. The van der Waals surface area contributed by atoms with Crippen molar-refractivity contribution in [3.63, 3.8) is 0 Å². The predicted molar refractivity (Wildman–Crippen MR) is 78.8 cm³/mol. The van der Waals surface area contributed by atoms with E-state index in [1.165, 1.54) is 12.1 Å². The molecule has 6 heteroatoms. The first-order valence-electron chi connectivity index (χ1n) is 7.91. The van der Waals surface area contributed by atoms with E-state index in [-0.39, 0.29) is 30.1 Å². The van der Waals surface area contributed by atoms with Crippen LogP contribution >= 0.6 is 0 Å². The normalized spacial score (nSPS) is 24.5. The van der Waals surface area contributed by atoms with E-state index < -0.39 is 17.6 Å². The first-order valence-corrected chi connectivity index (χ1v) is 7.91. The maximum Gasteiger partial charge on any atom is 0.303 e. The molecule has 2 aliphatic rings. The molecule has 1 amide bonds. The van der Waals surface area contributed by atoms with Crippen molar-refractivity contribution in [2.75, 3.05) is 13.1 Å². The molecule has 2 fully saturated rings. The molecule has 0 aromatic heterocycles. The van der Waals surface area contributed by atoms with E-state index in [0.29, 0.717) is 37.9 Å². The van der Waals surface area contributed by atoms with E-state index in [4.69, 9.17) is 5.11 Å². The lowest BCUT2D eigenvalue weighted by molar-refractivity contribution is -0.138. The molecular weight excluding hydrogens is 304 g/mol. The zero-order chi connectivity index (χ0) is 16.6. The summed E-state index contributed by atoms with van der Waals surface area (Å²) in [7, 11) is 0. The van der Waals surface area contributed by atoms with Crippen LogP contribution in [0.4, 0.5) is 8.78 Å². The van der Waals surface area contributed by atoms with Gasteiger partial charge in [0.1, 0.15) is 0 Å². The van der Waals surface area contributed by atoms with Crippen molar-refractivity contribution in [2.45, 2.75) is 31.6 Å². The number of amides is 1. The van der Waals surface area contributed by atoms with E-state index in [1.54, 1.807) is 4.90 Å². The number of hydrogen-bond acceptors (Lipinski definition) is 2. The molecule has 1 saturated heterocycles. The zero-order valence-electron chi connectivity index (χ0n) is 12.7. The second-order valence-electron chi connectivity index (χ2n) is 6.49. The average molecular weight is 323 g/mol. The Hall–Kier alpha value is -1.98. The number of carboxylic acid groups (broad SMARTS) is 1. The third-order valence-corrected chi connectivity index (χ3v) is 4.87. The van der Waals surface area contributed by atoms with Crippen LogP contribution in [0, 0.1) is 23.5 Å². The summed E-state index contributed by atoms with van der Waals surface area (Å²) in [4.78, 5) is 25.0. The fourth-order valence-electron chi connectivity index (χ4n) is 3.42. The van der Waals surface area contributed by atoms with E-state index >= 15 is 0 Å². The van der Waals surface area contributed by atoms with E-state index in [2.05, 4.69) is 0 Å². The van der Waals surface area contributed by atoms with Crippen molar-refractivity contribution in [1.29, 1.82) is 0 Å². The summed E-state index contributed by atoms with van der Waals surface area (Å²) in [5.41, 5.74) is 0.669. The van der Waals surface area contributed by atoms with Crippen molar-refractivity contribution in [1.82, 2.24) is 4.90 Å². The highest BCUT2D eigenvalue weighted by molar-refractivity contribution is 5.83. The number of carbonyl (C=O) groups is 2. The summed E-state index contributed by atoms with van der Waals surface area (Å²) < 4.78 is 26.2. The molecule has 1 saturated carbocycles. The molecule has 1 aromatic rings. The largest absolute Gasteiger partial charge is 0.481 e. The number of nitrogens with zero attached hydrogens (tertiary/aromatic N) is 1. The van der Waals surface area contributed by atoms with Gasteiger partial charge >= 0.3 is 5.97 Å². The molecule has 1 aliphatic carbocycles. The van der Waals surface area contributed by atoms with Gasteiger partial charge in [-0.15, -0.1) is 0 Å². The number of aliphatic carboxylic acids is 1. The molecule has 2 atom stereocenters. The molecule has 23 heavy (non-hydrogen) atoms. The quantitative estimate of drug-likeness (QED) is 0.927. The molecule has 0 bridgehead atoms. The first-order chi connectivity index (χ1) is 11.0. The molecule has 1 heterocycles. The number of halogens is 2. The first kappa shape index (κ1) is 15.9. The minimum absolute atomic E-state index is 0.0330. The molecule has 1 N–H and O–H groups in total. The Kier molecular flexibility index (Phi) is 4.33. The Morgan fingerprint density at radius 2 is 1.87 bits per heavy atom. The van der Waals surface area contributed by atoms with Gasteiger partial charge in [-0.3, -0.25) is 9.59 Å². The Labute approximate surface area is 133 Å². The fourth-order valence-corrected chi connectivity index (χ4v) is 3.42. The van der Waals surface area contributed by atoms with Crippen LogP contribution in [-0.2, 0) is 9.59 Å². The van der Waals surface area contributed by atoms with Crippen LogP contribution in [0.5, 0.6) is 0 Å². The van der Waals surface area contributed by atoms with Crippen molar-refractivity contribution in [2.24, 2.45) is 11.8 Å². The third kappa shape index (κ3) is 3.51. The standard InChI is InChI=1S/C17H19F2NO3/c18-14-2-1-11(8-15(14)19)12-9-13(12)17(23)20-5-3-10(4-6-20)7-16(21)22/h1-2,8,10,12-13H,3-7,9H2,(H,21,22). The lowest BCUT2D eigenvalue weighted by Crippen LogP contribution is -2.40. The summed E-state index contributed by atoms with van der Waals surface area (Å²) >= 11 is 0. The Morgan fingerprint density at radius 3 is 2.48 bits per heavy atom. The number of carboxylic acids is 1. The van der Waals surface area contributed by atoms with Crippen LogP contribution < -0.4 is 0 Å². The topological polar surface area (TPSA) is 57.6 Å². The minimum atomic E-state index is -0.880. The van der Waals surface area contributed by atoms with Gasteiger partial charge in [0.05, 0.1) is 0 Å². The Balaban J connectivity index is 1.54. The van der Waals surface area contributed by atoms with Crippen molar-refractivity contribution >= 4 is 11.9 Å². The zero-order valence-corrected chi connectivity index (χ0v) is 12.7. The molecule has 2 unspecified atom stereocenters. The average Bonchev–Trinajstić information content (AvgIpc) is 3.30. The number of likely N-dealkylation sites (tertiary alicyclic amines) is 1. The highest BCUT2D eigenvalue weighted by atomic mass is 19.2. The number of benzene rings is 1. The summed E-state index contributed by atoms with van der Waals surface area (Å²) in [6.07, 6.45) is 2.24. The Morgan fingerprint density at radius 1 is 1.17 bits per heavy atom. The molecule has 4 nitrogen and oxygen atoms in total. The summed E-state index contributed by atoms with van der Waals surface area (Å²) in [5, 5.41) is 8.80. The van der Waals surface area contributed by atoms with Crippen molar-refractivity contribution in [3.8, 4) is 0 Å². The second kappa shape index (κ2) is 6.26. The van der Waals surface area contributed by atoms with Crippen LogP contribution in [0.15, 0.2) is 18.2 Å². The Bertz CT molecular complexity index is 626. The predicted octanol–water partition coefficient (Wildman–Crippen LogP) is 2.78. The molecule has 124 valence electrons. The molecule has 1 aromatic carbocycles. The van der Waals surface area contributed by atoms with Gasteiger partial charge in [-0.1, -0.05) is 6.07 Å². The lowest BCUT2D eigenvalue weighted by Gasteiger charge is -2.31. The molecule has 3 rings (SSSR count). The van der Waals surface area contributed by atoms with Gasteiger partial charge in [-0.05, 0) is 48.8 Å². The highest BCUT2D eigenvalue weighted by Crippen LogP contribution is 2.49. The number of hydrogen-bond donors (Lipinski definition) is 1. The molecule has 0 radical (unpaired) electrons. The van der Waals surface area contributed by atoms with E-state index in [1.807, 2.05) is 0 Å². The van der Waals surface area contributed by atoms with Gasteiger partial charge in [0.2, 0.25) is 5.91 Å². The highest BCUT2D eigenvalue weighted by Gasteiger charge is 2.46. The van der Waals surface area contributed by atoms with Gasteiger partial charge in [0.15, 0.2) is 11.6 Å². The van der Waals surface area contributed by atoms with Gasteiger partial charge in [0.25, 0.3) is 0 Å². The van der Waals surface area contributed by atoms with Crippen molar-refractivity contribution < 1.29 is 23.5 Å². The third-order valence-electron chi connectivity index (χ3n) is 4.87. The van der Waals surface area contributed by atoms with E-state index in [9.17, 15) is 18.4 Å². The van der Waals surface area contributed by atoms with Crippen LogP contribution in [0.2, 0.25) is 0 Å². The summed E-state index contributed by atoms with van der Waals surface area (Å²) in [5.74, 6) is -2.56. The lowest BCUT2D eigenvalue weighted by atomic mass is 9.93. The van der Waals surface area contributed by atoms with Gasteiger partial charge < -0.3 is 10.0 Å². The fraction of sp³-hybridized carbons (Fsp3) is 0.529. The van der Waals surface area contributed by atoms with Gasteiger partial charge in [-0.2, -0.15) is 0 Å². The smallest absolute Gasteiger partial charge is 0.303 e. The van der Waals surface area contributed by atoms with Crippen LogP contribution in [0.3, 0.4) is 0 Å². The maximum atomic E-state index is 13.3. The number of piperidine rings is 1. The van der Waals surface area contributed by atoms with Gasteiger partial charge in [-0.25, -0.2) is 8.78 Å². The van der Waals surface area contributed by atoms with Crippen LogP contribution in [0.25, 0.3) is 0 Å². The number of carbonyl (C=O) groups excluding carboxylic acids is 1. The second-order valence-corrected chi connectivity index (χ2v) is 6.49. The van der Waals surface area contributed by atoms with Crippen molar-refractivity contribution in [3.05, 3.63) is 35.4 Å². The summed E-state index contributed by atoms with van der Waals surface area (Å²) in [6, 6.07) is 3.81. The SMILES string of the molecule is O=C(O)CC1CCN(C(=O)C2CC2c2ccc(F)c(F)c2)CC1. The van der Waals surface area contributed by atoms with Gasteiger partial charge in [0, 0.05) is 25.4 Å². The van der Waals surface area contributed by atoms with E-state index in [0.717, 1.165) is 6.07 Å². The summed E-state index contributed by atoms with van der Waals surface area (Å²) in [6.45, 7) is 1.16. The van der Waals surface area contributed by atoms with Crippen LogP contribution in [-0.4, -0.2) is 35.0 Å².